The summed E-state index contributed by atoms with van der Waals surface area (Å²) in [6.07, 6.45) is 0. The van der Waals surface area contributed by atoms with Gasteiger partial charge in [0.25, 0.3) is 15.7 Å². The molecule has 6 nitrogen and oxygen atoms in total. The number of nitrogens with zero attached hydrogens (tertiary/aromatic N) is 2. The van der Waals surface area contributed by atoms with Gasteiger partial charge in [0.1, 0.15) is 0 Å². The normalized spacial score (nSPS) is 11.1. The standard InChI is InChI=1S/C13H11IN2O4S/c1-15(11-8-6-10(14)7-9-11)21(19,20)13-5-3-2-4-12(13)16(17)18/h2-9H,1H3. The fraction of sp³-hybridized carbons (Fsp3) is 0.0769. The highest BCUT2D eigenvalue weighted by molar-refractivity contribution is 14.1. The number of hydrogen-bond donors (Lipinski definition) is 0. The molecule has 0 aliphatic carbocycles. The maximum atomic E-state index is 12.6. The summed E-state index contributed by atoms with van der Waals surface area (Å²) in [5.41, 5.74) is 0.00317. The smallest absolute Gasteiger partial charge is 0.269 e. The highest BCUT2D eigenvalue weighted by atomic mass is 127. The van der Waals surface area contributed by atoms with Crippen LogP contribution < -0.4 is 4.31 Å². The van der Waals surface area contributed by atoms with Crippen LogP contribution in [0.1, 0.15) is 0 Å². The van der Waals surface area contributed by atoms with Crippen LogP contribution in [0.4, 0.5) is 11.4 Å². The number of sulfonamides is 1. The number of para-hydroxylation sites is 1. The number of nitro benzene ring substituents is 1. The van der Waals surface area contributed by atoms with Crippen molar-refractivity contribution in [2.24, 2.45) is 0 Å². The van der Waals surface area contributed by atoms with Crippen molar-refractivity contribution in [1.82, 2.24) is 0 Å². The molecule has 0 heterocycles. The second kappa shape index (κ2) is 5.98. The van der Waals surface area contributed by atoms with Gasteiger partial charge in [0.2, 0.25) is 0 Å². The monoisotopic (exact) mass is 418 g/mol. The molecule has 0 amide bonds. The van der Waals surface area contributed by atoms with Crippen LogP contribution in [0.2, 0.25) is 0 Å². The molecule has 0 N–H and O–H groups in total. The second-order valence-electron chi connectivity index (χ2n) is 4.17. The summed E-state index contributed by atoms with van der Waals surface area (Å²) in [7, 11) is -2.62. The van der Waals surface area contributed by atoms with Crippen LogP contribution in [0.25, 0.3) is 0 Å². The summed E-state index contributed by atoms with van der Waals surface area (Å²) in [6, 6.07) is 12.1. The van der Waals surface area contributed by atoms with Crippen molar-refractivity contribution >= 4 is 44.0 Å². The highest BCUT2D eigenvalue weighted by Gasteiger charge is 2.29. The quantitative estimate of drug-likeness (QED) is 0.435. The molecule has 8 heteroatoms. The van der Waals surface area contributed by atoms with Gasteiger partial charge in [-0.25, -0.2) is 8.42 Å². The molecule has 110 valence electrons. The van der Waals surface area contributed by atoms with Crippen molar-refractivity contribution in [3.05, 3.63) is 62.2 Å². The van der Waals surface area contributed by atoms with Crippen LogP contribution >= 0.6 is 22.6 Å². The predicted molar refractivity (Wildman–Crippen MR) is 87.8 cm³/mol. The number of hydrogen-bond acceptors (Lipinski definition) is 4. The van der Waals surface area contributed by atoms with Gasteiger partial charge in [-0.15, -0.1) is 0 Å². The minimum absolute atomic E-state index is 0.323. The molecule has 0 bridgehead atoms. The lowest BCUT2D eigenvalue weighted by Crippen LogP contribution is -2.27. The van der Waals surface area contributed by atoms with E-state index < -0.39 is 20.6 Å². The SMILES string of the molecule is CN(c1ccc(I)cc1)S(=O)(=O)c1ccccc1[N+](=O)[O-]. The number of rotatable bonds is 4. The van der Waals surface area contributed by atoms with Crippen LogP contribution in [0.15, 0.2) is 53.4 Å². The maximum absolute atomic E-state index is 12.6. The molecule has 0 spiro atoms. The van der Waals surface area contributed by atoms with Crippen LogP contribution in [-0.4, -0.2) is 20.4 Å². The summed E-state index contributed by atoms with van der Waals surface area (Å²) in [5.74, 6) is 0. The first-order valence-electron chi connectivity index (χ1n) is 5.82. The van der Waals surface area contributed by atoms with E-state index in [0.29, 0.717) is 5.69 Å². The van der Waals surface area contributed by atoms with E-state index in [9.17, 15) is 18.5 Å². The van der Waals surface area contributed by atoms with Crippen molar-refractivity contribution < 1.29 is 13.3 Å². The largest absolute Gasteiger partial charge is 0.289 e. The third-order valence-electron chi connectivity index (χ3n) is 2.89. The summed E-state index contributed by atoms with van der Waals surface area (Å²) in [5, 5.41) is 11.0. The van der Waals surface area contributed by atoms with Gasteiger partial charge in [-0.3, -0.25) is 14.4 Å². The van der Waals surface area contributed by atoms with E-state index in [1.165, 1.54) is 31.3 Å². The zero-order chi connectivity index (χ0) is 15.6. The number of benzene rings is 2. The lowest BCUT2D eigenvalue weighted by molar-refractivity contribution is -0.387. The Labute approximate surface area is 135 Å². The van der Waals surface area contributed by atoms with Crippen molar-refractivity contribution in [3.8, 4) is 0 Å². The molecule has 2 aromatic carbocycles. The lowest BCUT2D eigenvalue weighted by atomic mass is 10.3. The van der Waals surface area contributed by atoms with E-state index in [1.807, 2.05) is 0 Å². The number of anilines is 1. The fourth-order valence-electron chi connectivity index (χ4n) is 1.76. The zero-order valence-electron chi connectivity index (χ0n) is 10.9. The van der Waals surface area contributed by atoms with E-state index in [0.717, 1.165) is 7.88 Å². The molecule has 0 aromatic heterocycles. The topological polar surface area (TPSA) is 80.5 Å². The maximum Gasteiger partial charge on any atom is 0.289 e. The molecule has 2 aromatic rings. The Bertz CT molecular complexity index is 775. The van der Waals surface area contributed by atoms with Crippen LogP contribution in [0, 0.1) is 13.7 Å². The molecule has 0 atom stereocenters. The van der Waals surface area contributed by atoms with Gasteiger partial charge >= 0.3 is 0 Å². The molecule has 0 aliphatic heterocycles. The fourth-order valence-corrected chi connectivity index (χ4v) is 3.47. The van der Waals surface area contributed by atoms with Crippen molar-refractivity contribution in [2.45, 2.75) is 4.90 Å². The van der Waals surface area contributed by atoms with Gasteiger partial charge in [0.15, 0.2) is 4.90 Å². The molecule has 0 saturated carbocycles. The summed E-state index contributed by atoms with van der Waals surface area (Å²) in [4.78, 5) is 9.97. The lowest BCUT2D eigenvalue weighted by Gasteiger charge is -2.19. The Hall–Kier alpha value is -1.68. The van der Waals surface area contributed by atoms with Gasteiger partial charge in [-0.2, -0.15) is 0 Å². The Morgan fingerprint density at radius 2 is 1.67 bits per heavy atom. The molecule has 0 radical (unpaired) electrons. The van der Waals surface area contributed by atoms with Gasteiger partial charge in [0, 0.05) is 16.7 Å². The molecule has 21 heavy (non-hydrogen) atoms. The van der Waals surface area contributed by atoms with Gasteiger partial charge in [-0.1, -0.05) is 12.1 Å². The van der Waals surface area contributed by atoms with E-state index >= 15 is 0 Å². The number of halogens is 1. The first kappa shape index (κ1) is 15.7. The van der Waals surface area contributed by atoms with Gasteiger partial charge < -0.3 is 0 Å². The Morgan fingerprint density at radius 1 is 1.10 bits per heavy atom. The highest BCUT2D eigenvalue weighted by Crippen LogP contribution is 2.28. The molecule has 0 unspecified atom stereocenters. The second-order valence-corrected chi connectivity index (χ2v) is 7.36. The van der Waals surface area contributed by atoms with Crippen molar-refractivity contribution in [2.75, 3.05) is 11.4 Å². The minimum atomic E-state index is -3.99. The minimum Gasteiger partial charge on any atom is -0.269 e. The Balaban J connectivity index is 2.52. The predicted octanol–water partition coefficient (Wildman–Crippen LogP) is 3.02. The first-order chi connectivity index (χ1) is 9.84. The third kappa shape index (κ3) is 3.16. The van der Waals surface area contributed by atoms with Gasteiger partial charge in [-0.05, 0) is 52.9 Å². The zero-order valence-corrected chi connectivity index (χ0v) is 13.9. The van der Waals surface area contributed by atoms with E-state index in [2.05, 4.69) is 22.6 Å². The summed E-state index contributed by atoms with van der Waals surface area (Å²) >= 11 is 2.11. The van der Waals surface area contributed by atoms with Crippen molar-refractivity contribution in [3.63, 3.8) is 0 Å². The number of nitro groups is 1. The third-order valence-corrected chi connectivity index (χ3v) is 5.44. The average molecular weight is 418 g/mol. The van der Waals surface area contributed by atoms with Crippen LogP contribution in [0.3, 0.4) is 0 Å². The van der Waals surface area contributed by atoms with E-state index in [-0.39, 0.29) is 4.90 Å². The Morgan fingerprint density at radius 3 is 2.24 bits per heavy atom. The Kier molecular flexibility index (Phi) is 4.47. The van der Waals surface area contributed by atoms with E-state index in [1.54, 1.807) is 24.3 Å². The summed E-state index contributed by atoms with van der Waals surface area (Å²) < 4.78 is 27.1. The molecule has 0 aliphatic rings. The molecule has 2 rings (SSSR count). The van der Waals surface area contributed by atoms with Crippen molar-refractivity contribution in [1.29, 1.82) is 0 Å². The first-order valence-corrected chi connectivity index (χ1v) is 8.34. The van der Waals surface area contributed by atoms with Crippen LogP contribution in [-0.2, 0) is 10.0 Å². The summed E-state index contributed by atoms with van der Waals surface area (Å²) in [6.45, 7) is 0. The van der Waals surface area contributed by atoms with E-state index in [4.69, 9.17) is 0 Å². The average Bonchev–Trinajstić information content (AvgIpc) is 2.47. The van der Waals surface area contributed by atoms with Gasteiger partial charge in [0.05, 0.1) is 10.6 Å². The molecule has 0 fully saturated rings. The molecule has 0 saturated heterocycles. The molecular weight excluding hydrogens is 407 g/mol. The van der Waals surface area contributed by atoms with Crippen LogP contribution in [0.5, 0.6) is 0 Å². The molecular formula is C13H11IN2O4S.